The summed E-state index contributed by atoms with van der Waals surface area (Å²) in [7, 11) is 0. The fourth-order valence-electron chi connectivity index (χ4n) is 2.97. The second kappa shape index (κ2) is 8.28. The van der Waals surface area contributed by atoms with E-state index in [1.54, 1.807) is 0 Å². The first-order valence-electron chi connectivity index (χ1n) is 8.00. The van der Waals surface area contributed by atoms with Crippen molar-refractivity contribution in [1.29, 1.82) is 0 Å². The average Bonchev–Trinajstić information content (AvgIpc) is 2.50. The fourth-order valence-corrected chi connectivity index (χ4v) is 2.97. The lowest BCUT2D eigenvalue weighted by atomic mass is 10.0. The molecule has 0 radical (unpaired) electrons. The van der Waals surface area contributed by atoms with Crippen LogP contribution in [0.4, 0.5) is 0 Å². The van der Waals surface area contributed by atoms with Crippen LogP contribution in [0, 0.1) is 0 Å². The number of hydrogen-bond donors (Lipinski definition) is 1. The highest BCUT2D eigenvalue weighted by atomic mass is 16.5. The number of benzene rings is 1. The maximum atomic E-state index is 5.76. The summed E-state index contributed by atoms with van der Waals surface area (Å²) in [4.78, 5) is 2.62. The van der Waals surface area contributed by atoms with Crippen molar-refractivity contribution in [2.45, 2.75) is 45.7 Å². The van der Waals surface area contributed by atoms with Crippen LogP contribution in [-0.4, -0.2) is 37.2 Å². The lowest BCUT2D eigenvalue weighted by molar-refractivity contribution is 0.156. The third-order valence-corrected chi connectivity index (χ3v) is 3.94. The Morgan fingerprint density at radius 2 is 2.15 bits per heavy atom. The Balaban J connectivity index is 2.06. The van der Waals surface area contributed by atoms with E-state index in [0.717, 1.165) is 32.0 Å². The number of nitrogens with zero attached hydrogens (tertiary/aromatic N) is 1. The van der Waals surface area contributed by atoms with Gasteiger partial charge < -0.3 is 10.1 Å². The Bertz CT molecular complexity index is 388. The molecule has 1 atom stereocenters. The van der Waals surface area contributed by atoms with Gasteiger partial charge in [-0.1, -0.05) is 25.1 Å². The molecule has 1 aliphatic rings. The molecule has 3 nitrogen and oxygen atoms in total. The Hall–Kier alpha value is -1.06. The van der Waals surface area contributed by atoms with Crippen LogP contribution in [0.2, 0.25) is 0 Å². The third-order valence-electron chi connectivity index (χ3n) is 3.94. The molecule has 0 aromatic heterocycles. The molecule has 1 N–H and O–H groups in total. The van der Waals surface area contributed by atoms with E-state index >= 15 is 0 Å². The van der Waals surface area contributed by atoms with Gasteiger partial charge in [-0.05, 0) is 45.3 Å². The van der Waals surface area contributed by atoms with E-state index in [9.17, 15) is 0 Å². The molecular formula is C17H28N2O. The minimum Gasteiger partial charge on any atom is -0.494 e. The first kappa shape index (κ1) is 15.3. The van der Waals surface area contributed by atoms with Crippen LogP contribution in [0.15, 0.2) is 24.3 Å². The summed E-state index contributed by atoms with van der Waals surface area (Å²) in [6.45, 7) is 9.49. The molecule has 1 aromatic carbocycles. The summed E-state index contributed by atoms with van der Waals surface area (Å²) in [5.41, 5.74) is 1.31. The Labute approximate surface area is 123 Å². The summed E-state index contributed by atoms with van der Waals surface area (Å²) >= 11 is 0. The Morgan fingerprint density at radius 3 is 2.85 bits per heavy atom. The zero-order valence-electron chi connectivity index (χ0n) is 12.9. The largest absolute Gasteiger partial charge is 0.494 e. The fraction of sp³-hybridized carbons (Fsp3) is 0.647. The highest BCUT2D eigenvalue weighted by Gasteiger charge is 2.21. The molecule has 1 aromatic rings. The number of rotatable bonds is 7. The van der Waals surface area contributed by atoms with E-state index in [2.05, 4.69) is 41.4 Å². The standard InChI is InChI=1S/C17H28N2O/c1-3-12-19(16-9-7-11-18-13-16)14-15-8-5-6-10-17(15)20-4-2/h5-6,8,10,16,18H,3-4,7,9,11-14H2,1-2H3. The van der Waals surface area contributed by atoms with Crippen LogP contribution < -0.4 is 10.1 Å². The maximum Gasteiger partial charge on any atom is 0.123 e. The number of nitrogens with one attached hydrogen (secondary N) is 1. The highest BCUT2D eigenvalue weighted by molar-refractivity contribution is 5.33. The zero-order chi connectivity index (χ0) is 14.2. The van der Waals surface area contributed by atoms with Crippen molar-refractivity contribution in [3.63, 3.8) is 0 Å². The molecule has 1 saturated heterocycles. The van der Waals surface area contributed by atoms with Crippen molar-refractivity contribution in [3.05, 3.63) is 29.8 Å². The van der Waals surface area contributed by atoms with E-state index in [-0.39, 0.29) is 0 Å². The molecule has 1 heterocycles. The summed E-state index contributed by atoms with van der Waals surface area (Å²) in [5.74, 6) is 1.04. The predicted molar refractivity (Wildman–Crippen MR) is 84.2 cm³/mol. The van der Waals surface area contributed by atoms with Crippen molar-refractivity contribution in [2.75, 3.05) is 26.2 Å². The molecule has 1 aliphatic heterocycles. The maximum absolute atomic E-state index is 5.76. The second-order valence-electron chi connectivity index (χ2n) is 5.51. The summed E-state index contributed by atoms with van der Waals surface area (Å²) < 4.78 is 5.76. The van der Waals surface area contributed by atoms with Crippen molar-refractivity contribution < 1.29 is 4.74 Å². The quantitative estimate of drug-likeness (QED) is 0.828. The summed E-state index contributed by atoms with van der Waals surface area (Å²) in [6.07, 6.45) is 3.80. The topological polar surface area (TPSA) is 24.5 Å². The van der Waals surface area contributed by atoms with Crippen LogP contribution >= 0.6 is 0 Å². The van der Waals surface area contributed by atoms with Gasteiger partial charge in [0.15, 0.2) is 0 Å². The molecule has 0 spiro atoms. The highest BCUT2D eigenvalue weighted by Crippen LogP contribution is 2.22. The van der Waals surface area contributed by atoms with E-state index in [1.807, 2.05) is 6.92 Å². The molecule has 20 heavy (non-hydrogen) atoms. The molecule has 0 aliphatic carbocycles. The molecule has 0 bridgehead atoms. The lowest BCUT2D eigenvalue weighted by Gasteiger charge is -2.35. The minimum absolute atomic E-state index is 0.665. The first-order chi connectivity index (χ1) is 9.85. The van der Waals surface area contributed by atoms with E-state index < -0.39 is 0 Å². The van der Waals surface area contributed by atoms with Gasteiger partial charge in [-0.2, -0.15) is 0 Å². The Kier molecular flexibility index (Phi) is 6.34. The van der Waals surface area contributed by atoms with Crippen LogP contribution in [0.3, 0.4) is 0 Å². The van der Waals surface area contributed by atoms with E-state index in [0.29, 0.717) is 6.04 Å². The van der Waals surface area contributed by atoms with Crippen LogP contribution in [0.25, 0.3) is 0 Å². The normalized spacial score (nSPS) is 19.2. The molecule has 3 heteroatoms. The zero-order valence-corrected chi connectivity index (χ0v) is 12.9. The smallest absolute Gasteiger partial charge is 0.123 e. The van der Waals surface area contributed by atoms with Gasteiger partial charge in [0, 0.05) is 24.7 Å². The number of hydrogen-bond acceptors (Lipinski definition) is 3. The van der Waals surface area contributed by atoms with Crippen molar-refractivity contribution in [3.8, 4) is 5.75 Å². The first-order valence-corrected chi connectivity index (χ1v) is 8.00. The number of ether oxygens (including phenoxy) is 1. The average molecular weight is 276 g/mol. The van der Waals surface area contributed by atoms with Gasteiger partial charge in [0.25, 0.3) is 0 Å². The third kappa shape index (κ3) is 4.22. The molecule has 112 valence electrons. The van der Waals surface area contributed by atoms with Crippen LogP contribution in [-0.2, 0) is 6.54 Å². The van der Waals surface area contributed by atoms with Gasteiger partial charge in [0.1, 0.15) is 5.75 Å². The number of piperidine rings is 1. The van der Waals surface area contributed by atoms with Crippen molar-refractivity contribution in [2.24, 2.45) is 0 Å². The van der Waals surface area contributed by atoms with Crippen LogP contribution in [0.5, 0.6) is 5.75 Å². The molecule has 0 amide bonds. The van der Waals surface area contributed by atoms with Gasteiger partial charge in [0.2, 0.25) is 0 Å². The monoisotopic (exact) mass is 276 g/mol. The van der Waals surface area contributed by atoms with E-state index in [1.165, 1.54) is 31.4 Å². The minimum atomic E-state index is 0.665. The molecule has 1 unspecified atom stereocenters. The SMILES string of the molecule is CCCN(Cc1ccccc1OCC)C1CCCNC1. The molecule has 2 rings (SSSR count). The number of para-hydroxylation sites is 1. The van der Waals surface area contributed by atoms with E-state index in [4.69, 9.17) is 4.74 Å². The van der Waals surface area contributed by atoms with Gasteiger partial charge >= 0.3 is 0 Å². The van der Waals surface area contributed by atoms with Gasteiger partial charge in [-0.15, -0.1) is 0 Å². The van der Waals surface area contributed by atoms with Crippen LogP contribution in [0.1, 0.15) is 38.7 Å². The van der Waals surface area contributed by atoms with Gasteiger partial charge in [0.05, 0.1) is 6.61 Å². The summed E-state index contributed by atoms with van der Waals surface area (Å²) in [6, 6.07) is 9.12. The van der Waals surface area contributed by atoms with Crippen molar-refractivity contribution >= 4 is 0 Å². The van der Waals surface area contributed by atoms with Gasteiger partial charge in [-0.3, -0.25) is 4.90 Å². The van der Waals surface area contributed by atoms with Gasteiger partial charge in [-0.25, -0.2) is 0 Å². The second-order valence-corrected chi connectivity index (χ2v) is 5.51. The molecular weight excluding hydrogens is 248 g/mol. The Morgan fingerprint density at radius 1 is 1.30 bits per heavy atom. The molecule has 1 fully saturated rings. The molecule has 0 saturated carbocycles. The predicted octanol–water partition coefficient (Wildman–Crippen LogP) is 3.05. The lowest BCUT2D eigenvalue weighted by Crippen LogP contribution is -2.45. The summed E-state index contributed by atoms with van der Waals surface area (Å²) in [5, 5.41) is 3.53. The van der Waals surface area contributed by atoms with Crippen molar-refractivity contribution in [1.82, 2.24) is 10.2 Å².